The lowest BCUT2D eigenvalue weighted by atomic mass is 10.1. The molecule has 0 spiro atoms. The van der Waals surface area contributed by atoms with Crippen LogP contribution in [0.15, 0.2) is 57.9 Å². The average molecular weight is 498 g/mol. The van der Waals surface area contributed by atoms with E-state index in [1.165, 1.54) is 0 Å². The fraction of sp³-hybridized carbons (Fsp3) is 0.364. The molecule has 2 amide bonds. The Labute approximate surface area is 190 Å². The second-order valence-electron chi connectivity index (χ2n) is 6.67. The van der Waals surface area contributed by atoms with Gasteiger partial charge < -0.3 is 10.2 Å². The van der Waals surface area contributed by atoms with E-state index >= 15 is 0 Å². The van der Waals surface area contributed by atoms with Crippen LogP contribution in [0, 0.1) is 0 Å². The third-order valence-electron chi connectivity index (χ3n) is 4.38. The number of benzene rings is 2. The molecule has 0 saturated heterocycles. The summed E-state index contributed by atoms with van der Waals surface area (Å²) >= 11 is 10.9. The van der Waals surface area contributed by atoms with Crippen LogP contribution in [0.5, 0.6) is 0 Å². The number of amides is 2. The number of hydrogen-bond donors (Lipinski definition) is 1. The zero-order valence-corrected chi connectivity index (χ0v) is 19.8. The Morgan fingerprint density at radius 3 is 2.41 bits per heavy atom. The summed E-state index contributed by atoms with van der Waals surface area (Å²) in [6.07, 6.45) is 1.21. The van der Waals surface area contributed by atoms with Crippen molar-refractivity contribution in [3.8, 4) is 0 Å². The summed E-state index contributed by atoms with van der Waals surface area (Å²) in [5.41, 5.74) is 0.988. The largest absolute Gasteiger partial charge is 0.354 e. The number of nitrogens with zero attached hydrogens (tertiary/aromatic N) is 1. The van der Waals surface area contributed by atoms with Gasteiger partial charge in [-0.1, -0.05) is 46.6 Å². The van der Waals surface area contributed by atoms with E-state index in [0.717, 1.165) is 21.4 Å². The van der Waals surface area contributed by atoms with Crippen LogP contribution in [0.1, 0.15) is 32.3 Å². The Kier molecular flexibility index (Phi) is 10.0. The van der Waals surface area contributed by atoms with E-state index in [0.29, 0.717) is 30.3 Å². The van der Waals surface area contributed by atoms with Gasteiger partial charge in [0.2, 0.25) is 11.8 Å². The van der Waals surface area contributed by atoms with Crippen LogP contribution in [0.3, 0.4) is 0 Å². The normalized spacial score (nSPS) is 11.7. The molecular weight excluding hydrogens is 472 g/mol. The van der Waals surface area contributed by atoms with E-state index in [2.05, 4.69) is 21.2 Å². The summed E-state index contributed by atoms with van der Waals surface area (Å²) in [5.74, 6) is 0.483. The molecule has 0 fully saturated rings. The van der Waals surface area contributed by atoms with Gasteiger partial charge in [0.05, 0.1) is 0 Å². The first-order valence-electron chi connectivity index (χ1n) is 9.60. The molecule has 1 atom stereocenters. The molecule has 0 unspecified atom stereocenters. The molecule has 0 radical (unpaired) electrons. The van der Waals surface area contributed by atoms with Gasteiger partial charge in [0, 0.05) is 39.7 Å². The Hall–Kier alpha value is -1.50. The van der Waals surface area contributed by atoms with Crippen molar-refractivity contribution in [1.82, 2.24) is 10.2 Å². The Balaban J connectivity index is 2.03. The van der Waals surface area contributed by atoms with Crippen LogP contribution in [-0.2, 0) is 16.1 Å². The van der Waals surface area contributed by atoms with Gasteiger partial charge in [-0.05, 0) is 55.3 Å². The molecule has 2 aromatic carbocycles. The summed E-state index contributed by atoms with van der Waals surface area (Å²) < 4.78 is 0.979. The molecule has 0 heterocycles. The SMILES string of the molecule is CCCNC(=O)[C@@H](C)N(Cc1ccc(Br)cc1)C(=O)CCSc1ccc(Cl)cc1. The van der Waals surface area contributed by atoms with Crippen molar-refractivity contribution in [3.63, 3.8) is 0 Å². The lowest BCUT2D eigenvalue weighted by Crippen LogP contribution is -2.47. The van der Waals surface area contributed by atoms with E-state index in [1.807, 2.05) is 55.5 Å². The van der Waals surface area contributed by atoms with Gasteiger partial charge in [0.25, 0.3) is 0 Å². The molecule has 0 aromatic heterocycles. The maximum absolute atomic E-state index is 13.0. The highest BCUT2D eigenvalue weighted by Gasteiger charge is 2.25. The lowest BCUT2D eigenvalue weighted by Gasteiger charge is -2.29. The van der Waals surface area contributed by atoms with Gasteiger partial charge in [0.15, 0.2) is 0 Å². The molecule has 0 saturated carbocycles. The van der Waals surface area contributed by atoms with Crippen LogP contribution in [0.25, 0.3) is 0 Å². The number of carbonyl (C=O) groups is 2. The summed E-state index contributed by atoms with van der Waals surface area (Å²) in [5, 5.41) is 3.58. The summed E-state index contributed by atoms with van der Waals surface area (Å²) in [6.45, 7) is 4.80. The third-order valence-corrected chi connectivity index (χ3v) is 6.18. The summed E-state index contributed by atoms with van der Waals surface area (Å²) in [6, 6.07) is 14.8. The van der Waals surface area contributed by atoms with Crippen molar-refractivity contribution in [2.45, 2.75) is 44.2 Å². The highest BCUT2D eigenvalue weighted by Crippen LogP contribution is 2.22. The average Bonchev–Trinajstić information content (AvgIpc) is 2.72. The summed E-state index contributed by atoms with van der Waals surface area (Å²) in [7, 11) is 0. The second kappa shape index (κ2) is 12.3. The van der Waals surface area contributed by atoms with Crippen molar-refractivity contribution >= 4 is 51.1 Å². The number of rotatable bonds is 10. The van der Waals surface area contributed by atoms with Gasteiger partial charge in [0.1, 0.15) is 6.04 Å². The van der Waals surface area contributed by atoms with Crippen molar-refractivity contribution in [2.24, 2.45) is 0 Å². The molecular formula is C22H26BrClN2O2S. The molecule has 0 bridgehead atoms. The first kappa shape index (κ1) is 23.8. The number of thioether (sulfide) groups is 1. The molecule has 1 N–H and O–H groups in total. The maximum Gasteiger partial charge on any atom is 0.242 e. The smallest absolute Gasteiger partial charge is 0.242 e. The van der Waals surface area contributed by atoms with Gasteiger partial charge in [-0.2, -0.15) is 0 Å². The topological polar surface area (TPSA) is 49.4 Å². The molecule has 2 aromatic rings. The van der Waals surface area contributed by atoms with Gasteiger partial charge in [-0.15, -0.1) is 11.8 Å². The molecule has 2 rings (SSSR count). The van der Waals surface area contributed by atoms with Crippen LogP contribution in [0.2, 0.25) is 5.02 Å². The number of hydrogen-bond acceptors (Lipinski definition) is 3. The highest BCUT2D eigenvalue weighted by molar-refractivity contribution is 9.10. The molecule has 0 aliphatic heterocycles. The number of carbonyl (C=O) groups excluding carboxylic acids is 2. The first-order chi connectivity index (χ1) is 13.9. The second-order valence-corrected chi connectivity index (χ2v) is 9.19. The highest BCUT2D eigenvalue weighted by atomic mass is 79.9. The van der Waals surface area contributed by atoms with Crippen LogP contribution < -0.4 is 5.32 Å². The van der Waals surface area contributed by atoms with Gasteiger partial charge >= 0.3 is 0 Å². The van der Waals surface area contributed by atoms with Crippen molar-refractivity contribution in [1.29, 1.82) is 0 Å². The molecule has 4 nitrogen and oxygen atoms in total. The minimum atomic E-state index is -0.529. The minimum Gasteiger partial charge on any atom is -0.354 e. The van der Waals surface area contributed by atoms with Crippen LogP contribution >= 0.6 is 39.3 Å². The fourth-order valence-electron chi connectivity index (χ4n) is 2.70. The predicted molar refractivity (Wildman–Crippen MR) is 124 cm³/mol. The van der Waals surface area contributed by atoms with Gasteiger partial charge in [-0.3, -0.25) is 9.59 Å². The lowest BCUT2D eigenvalue weighted by molar-refractivity contribution is -0.140. The van der Waals surface area contributed by atoms with Crippen LogP contribution in [0.4, 0.5) is 0 Å². The van der Waals surface area contributed by atoms with E-state index in [4.69, 9.17) is 11.6 Å². The van der Waals surface area contributed by atoms with E-state index in [1.54, 1.807) is 23.6 Å². The molecule has 0 aliphatic carbocycles. The Morgan fingerprint density at radius 1 is 1.14 bits per heavy atom. The van der Waals surface area contributed by atoms with E-state index < -0.39 is 6.04 Å². The monoisotopic (exact) mass is 496 g/mol. The molecule has 29 heavy (non-hydrogen) atoms. The van der Waals surface area contributed by atoms with Crippen molar-refractivity contribution in [2.75, 3.05) is 12.3 Å². The zero-order chi connectivity index (χ0) is 21.2. The van der Waals surface area contributed by atoms with Crippen molar-refractivity contribution < 1.29 is 9.59 Å². The molecule has 7 heteroatoms. The van der Waals surface area contributed by atoms with E-state index in [-0.39, 0.29) is 11.8 Å². The third kappa shape index (κ3) is 8.03. The Morgan fingerprint density at radius 2 is 1.79 bits per heavy atom. The zero-order valence-electron chi connectivity index (χ0n) is 16.7. The summed E-state index contributed by atoms with van der Waals surface area (Å²) in [4.78, 5) is 28.2. The molecule has 156 valence electrons. The molecule has 0 aliphatic rings. The van der Waals surface area contributed by atoms with Gasteiger partial charge in [-0.25, -0.2) is 0 Å². The van der Waals surface area contributed by atoms with Crippen molar-refractivity contribution in [3.05, 3.63) is 63.6 Å². The predicted octanol–water partition coefficient (Wildman–Crippen LogP) is 5.53. The number of halogens is 2. The Bertz CT molecular complexity index is 799. The standard InChI is InChI=1S/C22H26BrClN2O2S/c1-3-13-25-22(28)16(2)26(15-17-4-6-18(23)7-5-17)21(27)12-14-29-20-10-8-19(24)9-11-20/h4-11,16H,3,12-15H2,1-2H3,(H,25,28)/t16-/m1/s1. The first-order valence-corrected chi connectivity index (χ1v) is 11.8. The number of nitrogens with one attached hydrogen (secondary N) is 1. The van der Waals surface area contributed by atoms with E-state index in [9.17, 15) is 9.59 Å². The maximum atomic E-state index is 13.0. The minimum absolute atomic E-state index is 0.0338. The fourth-order valence-corrected chi connectivity index (χ4v) is 3.93. The van der Waals surface area contributed by atoms with Crippen LogP contribution in [-0.4, -0.2) is 35.1 Å². The quantitative estimate of drug-likeness (QED) is 0.439.